The van der Waals surface area contributed by atoms with Crippen LogP contribution in [0, 0.1) is 13.8 Å². The van der Waals surface area contributed by atoms with E-state index in [-0.39, 0.29) is 46.0 Å². The van der Waals surface area contributed by atoms with Gasteiger partial charge in [0.05, 0.1) is 10.0 Å². The van der Waals surface area contributed by atoms with Crippen molar-refractivity contribution in [1.82, 2.24) is 8.61 Å². The molecule has 0 bridgehead atoms. The third kappa shape index (κ3) is 5.01. The standard InChI is InChI=1S/C19H20Cl4N2O4S2/c1-12-8-18(16(22)10-14(12)20)30(26,27)24-4-3-5-25(7-6-24)31(28,29)19-9-13(2)15(21)11-17(19)23/h8-11H,3-7H2,1-2H3. The predicted molar refractivity (Wildman–Crippen MR) is 125 cm³/mol. The zero-order valence-corrected chi connectivity index (χ0v) is 21.4. The summed E-state index contributed by atoms with van der Waals surface area (Å²) in [4.78, 5) is -0.104. The van der Waals surface area contributed by atoms with Gasteiger partial charge in [0.25, 0.3) is 0 Å². The molecule has 0 amide bonds. The maximum atomic E-state index is 13.2. The fourth-order valence-electron chi connectivity index (χ4n) is 3.29. The Labute approximate surface area is 202 Å². The largest absolute Gasteiger partial charge is 0.244 e. The van der Waals surface area contributed by atoms with Gasteiger partial charge in [-0.25, -0.2) is 16.8 Å². The first-order valence-corrected chi connectivity index (χ1v) is 13.7. The molecule has 0 unspecified atom stereocenters. The lowest BCUT2D eigenvalue weighted by Crippen LogP contribution is -2.37. The summed E-state index contributed by atoms with van der Waals surface area (Å²) < 4.78 is 55.2. The van der Waals surface area contributed by atoms with Crippen molar-refractivity contribution in [3.05, 3.63) is 55.5 Å². The molecule has 0 spiro atoms. The first-order valence-electron chi connectivity index (χ1n) is 9.27. The van der Waals surface area contributed by atoms with Crippen LogP contribution in [0.15, 0.2) is 34.1 Å². The highest BCUT2D eigenvalue weighted by atomic mass is 35.5. The summed E-state index contributed by atoms with van der Waals surface area (Å²) in [5.74, 6) is 0. The number of halogens is 4. The second kappa shape index (κ2) is 9.35. The molecule has 2 aromatic carbocycles. The summed E-state index contributed by atoms with van der Waals surface area (Å²) in [6.07, 6.45) is 0.312. The van der Waals surface area contributed by atoms with Gasteiger partial charge < -0.3 is 0 Å². The molecule has 1 aliphatic rings. The number of hydrogen-bond donors (Lipinski definition) is 0. The molecule has 0 radical (unpaired) electrons. The fraction of sp³-hybridized carbons (Fsp3) is 0.368. The summed E-state index contributed by atoms with van der Waals surface area (Å²) in [6, 6.07) is 5.64. The van der Waals surface area contributed by atoms with E-state index in [9.17, 15) is 16.8 Å². The summed E-state index contributed by atoms with van der Waals surface area (Å²) >= 11 is 24.3. The van der Waals surface area contributed by atoms with Gasteiger partial charge in [0.15, 0.2) is 0 Å². The van der Waals surface area contributed by atoms with Crippen LogP contribution in [0.1, 0.15) is 17.5 Å². The highest BCUT2D eigenvalue weighted by molar-refractivity contribution is 7.89. The van der Waals surface area contributed by atoms with Gasteiger partial charge in [0, 0.05) is 36.2 Å². The lowest BCUT2D eigenvalue weighted by Gasteiger charge is -2.23. The molecule has 1 fully saturated rings. The molecule has 170 valence electrons. The molecule has 0 saturated carbocycles. The lowest BCUT2D eigenvalue weighted by molar-refractivity contribution is 0.404. The van der Waals surface area contributed by atoms with Gasteiger partial charge in [-0.15, -0.1) is 0 Å². The number of benzene rings is 2. The van der Waals surface area contributed by atoms with E-state index in [4.69, 9.17) is 46.4 Å². The van der Waals surface area contributed by atoms with Crippen molar-refractivity contribution in [2.75, 3.05) is 26.2 Å². The molecule has 12 heteroatoms. The minimum Gasteiger partial charge on any atom is -0.207 e. The van der Waals surface area contributed by atoms with Crippen LogP contribution in [0.4, 0.5) is 0 Å². The van der Waals surface area contributed by atoms with Crippen molar-refractivity contribution < 1.29 is 16.8 Å². The molecule has 0 aliphatic carbocycles. The van der Waals surface area contributed by atoms with E-state index in [1.807, 2.05) is 0 Å². The van der Waals surface area contributed by atoms with Crippen molar-refractivity contribution in [2.24, 2.45) is 0 Å². The Morgan fingerprint density at radius 2 is 0.968 bits per heavy atom. The highest BCUT2D eigenvalue weighted by Crippen LogP contribution is 2.33. The summed E-state index contributed by atoms with van der Waals surface area (Å²) in [7, 11) is -7.86. The number of rotatable bonds is 4. The van der Waals surface area contributed by atoms with Crippen molar-refractivity contribution in [2.45, 2.75) is 30.1 Å². The van der Waals surface area contributed by atoms with E-state index in [1.54, 1.807) is 13.8 Å². The number of aryl methyl sites for hydroxylation is 2. The SMILES string of the molecule is Cc1cc(S(=O)(=O)N2CCCN(S(=O)(=O)c3cc(C)c(Cl)cc3Cl)CC2)c(Cl)cc1Cl. The fourth-order valence-corrected chi connectivity index (χ4v) is 7.84. The predicted octanol–water partition coefficient (Wildman–Crippen LogP) is 5.00. The average molecular weight is 546 g/mol. The van der Waals surface area contributed by atoms with E-state index in [1.165, 1.54) is 32.9 Å². The zero-order chi connectivity index (χ0) is 23.1. The van der Waals surface area contributed by atoms with E-state index in [0.717, 1.165) is 0 Å². The van der Waals surface area contributed by atoms with Crippen LogP contribution in [-0.4, -0.2) is 51.6 Å². The van der Waals surface area contributed by atoms with E-state index in [2.05, 4.69) is 0 Å². The van der Waals surface area contributed by atoms with Crippen LogP contribution < -0.4 is 0 Å². The monoisotopic (exact) mass is 544 g/mol. The van der Waals surface area contributed by atoms with E-state index >= 15 is 0 Å². The number of sulfonamides is 2. The van der Waals surface area contributed by atoms with Gasteiger partial charge in [0.2, 0.25) is 20.0 Å². The first-order chi connectivity index (χ1) is 14.4. The van der Waals surface area contributed by atoms with Crippen molar-refractivity contribution in [1.29, 1.82) is 0 Å². The van der Waals surface area contributed by atoms with Gasteiger partial charge in [-0.3, -0.25) is 0 Å². The zero-order valence-electron chi connectivity index (χ0n) is 16.7. The Kier molecular flexibility index (Phi) is 7.55. The average Bonchev–Trinajstić information content (AvgIpc) is 2.94. The Balaban J connectivity index is 1.88. The molecule has 2 aromatic rings. The molecular weight excluding hydrogens is 526 g/mol. The van der Waals surface area contributed by atoms with Crippen LogP contribution in [0.3, 0.4) is 0 Å². The van der Waals surface area contributed by atoms with E-state index < -0.39 is 20.0 Å². The van der Waals surface area contributed by atoms with Gasteiger partial charge in [0.1, 0.15) is 9.79 Å². The second-order valence-corrected chi connectivity index (χ2v) is 12.7. The van der Waals surface area contributed by atoms with Crippen LogP contribution >= 0.6 is 46.4 Å². The van der Waals surface area contributed by atoms with Gasteiger partial charge in [-0.05, 0) is 55.7 Å². The molecule has 3 rings (SSSR count). The Hall–Kier alpha value is -0.580. The molecule has 1 saturated heterocycles. The quantitative estimate of drug-likeness (QED) is 0.541. The molecule has 6 nitrogen and oxygen atoms in total. The van der Waals surface area contributed by atoms with Crippen LogP contribution in [0.2, 0.25) is 20.1 Å². The summed E-state index contributed by atoms with van der Waals surface area (Å²) in [5.41, 5.74) is 1.16. The first kappa shape index (κ1) is 25.1. The Morgan fingerprint density at radius 3 is 1.32 bits per heavy atom. The summed E-state index contributed by atoms with van der Waals surface area (Å²) in [5, 5.41) is 0.778. The van der Waals surface area contributed by atoms with Gasteiger partial charge in [-0.2, -0.15) is 8.61 Å². The van der Waals surface area contributed by atoms with Crippen LogP contribution in [-0.2, 0) is 20.0 Å². The van der Waals surface area contributed by atoms with E-state index in [0.29, 0.717) is 27.6 Å². The molecule has 0 atom stereocenters. The van der Waals surface area contributed by atoms with Crippen molar-refractivity contribution in [3.8, 4) is 0 Å². The molecule has 1 aliphatic heterocycles. The normalized spacial score (nSPS) is 17.0. The maximum Gasteiger partial charge on any atom is 0.244 e. The number of hydrogen-bond acceptors (Lipinski definition) is 4. The Bertz CT molecular complexity index is 1140. The molecule has 0 aromatic heterocycles. The van der Waals surface area contributed by atoms with Crippen molar-refractivity contribution >= 4 is 66.5 Å². The van der Waals surface area contributed by atoms with Gasteiger partial charge in [-0.1, -0.05) is 46.4 Å². The maximum absolute atomic E-state index is 13.2. The minimum atomic E-state index is -3.93. The molecule has 31 heavy (non-hydrogen) atoms. The molecular formula is C19H20Cl4N2O4S2. The summed E-state index contributed by atoms with van der Waals surface area (Å²) in [6.45, 7) is 3.63. The van der Waals surface area contributed by atoms with Crippen LogP contribution in [0.5, 0.6) is 0 Å². The smallest absolute Gasteiger partial charge is 0.207 e. The second-order valence-electron chi connectivity index (χ2n) is 7.23. The topological polar surface area (TPSA) is 74.8 Å². The van der Waals surface area contributed by atoms with Crippen molar-refractivity contribution in [3.63, 3.8) is 0 Å². The van der Waals surface area contributed by atoms with Crippen LogP contribution in [0.25, 0.3) is 0 Å². The highest BCUT2D eigenvalue weighted by Gasteiger charge is 2.34. The Morgan fingerprint density at radius 1 is 0.613 bits per heavy atom. The molecule has 0 N–H and O–H groups in total. The van der Waals surface area contributed by atoms with Gasteiger partial charge >= 0.3 is 0 Å². The molecule has 1 heterocycles. The number of nitrogens with zero attached hydrogens (tertiary/aromatic N) is 2. The lowest BCUT2D eigenvalue weighted by atomic mass is 10.2. The minimum absolute atomic E-state index is 0.0211. The third-order valence-corrected chi connectivity index (χ3v) is 10.6. The third-order valence-electron chi connectivity index (χ3n) is 5.08.